The molecule has 10 heteroatoms. The van der Waals surface area contributed by atoms with E-state index in [2.05, 4.69) is 22.4 Å². The Bertz CT molecular complexity index is 1200. The molecule has 1 saturated heterocycles. The molecule has 212 valence electrons. The average molecular weight is 542 g/mol. The molecule has 1 aromatic carbocycles. The Morgan fingerprint density at radius 2 is 1.97 bits per heavy atom. The maximum atomic E-state index is 14.1. The maximum absolute atomic E-state index is 14.1. The Morgan fingerprint density at radius 1 is 1.18 bits per heavy atom. The number of carbonyl (C=O) groups is 3. The molecule has 4 rings (SSSR count). The summed E-state index contributed by atoms with van der Waals surface area (Å²) < 4.78 is 23.0. The van der Waals surface area contributed by atoms with Crippen LogP contribution in [-0.4, -0.2) is 72.6 Å². The fourth-order valence-corrected chi connectivity index (χ4v) is 5.21. The fourth-order valence-electron chi connectivity index (χ4n) is 5.21. The van der Waals surface area contributed by atoms with Crippen molar-refractivity contribution in [3.05, 3.63) is 36.0 Å². The Labute approximate surface area is 229 Å². The number of aryl methyl sites for hydroxylation is 1. The van der Waals surface area contributed by atoms with Crippen molar-refractivity contribution in [2.24, 2.45) is 5.41 Å². The van der Waals surface area contributed by atoms with E-state index in [0.717, 1.165) is 35.6 Å². The normalized spacial score (nSPS) is 24.9. The Kier molecular flexibility index (Phi) is 8.94. The molecule has 1 fully saturated rings. The van der Waals surface area contributed by atoms with E-state index in [9.17, 15) is 14.4 Å². The Hall–Kier alpha value is -3.40. The van der Waals surface area contributed by atoms with Gasteiger partial charge in [-0.25, -0.2) is 14.6 Å². The first-order valence-corrected chi connectivity index (χ1v) is 13.6. The summed E-state index contributed by atoms with van der Waals surface area (Å²) in [5.74, 6) is -0.653. The van der Waals surface area contributed by atoms with E-state index in [1.807, 2.05) is 39.8 Å². The van der Waals surface area contributed by atoms with Gasteiger partial charge >= 0.3 is 12.1 Å². The summed E-state index contributed by atoms with van der Waals surface area (Å²) in [6.07, 6.45) is 2.91. The van der Waals surface area contributed by atoms with Crippen LogP contribution < -0.4 is 10.1 Å². The number of benzene rings is 1. The number of fused-ring (bicyclic) bond motifs is 3. The second-order valence-corrected chi connectivity index (χ2v) is 11.1. The first-order valence-electron chi connectivity index (χ1n) is 13.6. The highest BCUT2D eigenvalue weighted by molar-refractivity contribution is 5.91. The van der Waals surface area contributed by atoms with E-state index >= 15 is 0 Å². The van der Waals surface area contributed by atoms with Crippen LogP contribution in [0.5, 0.6) is 5.88 Å². The van der Waals surface area contributed by atoms with Gasteiger partial charge in [-0.2, -0.15) is 0 Å². The quantitative estimate of drug-likeness (QED) is 0.580. The first kappa shape index (κ1) is 28.6. The number of nitrogens with zero attached hydrogens (tertiary/aromatic N) is 2. The van der Waals surface area contributed by atoms with Gasteiger partial charge in [-0.3, -0.25) is 9.69 Å². The van der Waals surface area contributed by atoms with Gasteiger partial charge in [0, 0.05) is 24.6 Å². The summed E-state index contributed by atoms with van der Waals surface area (Å²) in [6, 6.07) is 6.17. The molecule has 0 saturated carbocycles. The molecular weight excluding hydrogens is 502 g/mol. The molecule has 0 unspecified atom stereocenters. The summed E-state index contributed by atoms with van der Waals surface area (Å²) in [4.78, 5) is 45.7. The molecule has 0 spiro atoms. The second-order valence-electron chi connectivity index (χ2n) is 11.1. The van der Waals surface area contributed by atoms with Gasteiger partial charge in [0.1, 0.15) is 18.2 Å². The highest BCUT2D eigenvalue weighted by atomic mass is 16.6. The topological polar surface area (TPSA) is 116 Å². The molecule has 2 aliphatic heterocycles. The van der Waals surface area contributed by atoms with Gasteiger partial charge in [-0.15, -0.1) is 0 Å². The molecule has 0 aliphatic carbocycles. The van der Waals surface area contributed by atoms with Crippen LogP contribution in [0, 0.1) is 5.41 Å². The number of aromatic nitrogens is 1. The van der Waals surface area contributed by atoms with Crippen molar-refractivity contribution in [3.63, 3.8) is 0 Å². The lowest BCUT2D eigenvalue weighted by molar-refractivity contribution is -0.164. The third kappa shape index (κ3) is 6.43. The highest BCUT2D eigenvalue weighted by Crippen LogP contribution is 2.35. The van der Waals surface area contributed by atoms with Gasteiger partial charge in [0.05, 0.1) is 13.7 Å². The first-order chi connectivity index (χ1) is 18.6. The van der Waals surface area contributed by atoms with Crippen molar-refractivity contribution in [1.82, 2.24) is 15.2 Å². The smallest absolute Gasteiger partial charge is 0.407 e. The highest BCUT2D eigenvalue weighted by Gasteiger charge is 2.53. The number of rotatable bonds is 3. The minimum absolute atomic E-state index is 0.141. The van der Waals surface area contributed by atoms with E-state index in [0.29, 0.717) is 12.3 Å². The van der Waals surface area contributed by atoms with Crippen LogP contribution in [0.2, 0.25) is 0 Å². The molecule has 0 radical (unpaired) electrons. The molecule has 2 aromatic rings. The molecule has 10 nitrogen and oxygen atoms in total. The minimum Gasteiger partial charge on any atom is -0.469 e. The number of cyclic esters (lactones) is 1. The number of hydrogen-bond acceptors (Lipinski definition) is 8. The zero-order valence-corrected chi connectivity index (χ0v) is 23.4. The van der Waals surface area contributed by atoms with Gasteiger partial charge < -0.3 is 24.3 Å². The monoisotopic (exact) mass is 541 g/mol. The van der Waals surface area contributed by atoms with Crippen molar-refractivity contribution < 1.29 is 33.3 Å². The zero-order chi connectivity index (χ0) is 28.2. The van der Waals surface area contributed by atoms with Crippen LogP contribution in [0.3, 0.4) is 0 Å². The number of pyridine rings is 1. The predicted octanol–water partition coefficient (Wildman–Crippen LogP) is 3.99. The van der Waals surface area contributed by atoms with E-state index in [-0.39, 0.29) is 19.6 Å². The largest absolute Gasteiger partial charge is 0.469 e. The molecule has 1 aromatic heterocycles. The third-order valence-electron chi connectivity index (χ3n) is 7.22. The number of nitrogens with one attached hydrogen (secondary N) is 1. The second kappa shape index (κ2) is 12.2. The van der Waals surface area contributed by atoms with Crippen LogP contribution in [0.15, 0.2) is 30.5 Å². The SMILES string of the molecule is CCO[C@@H]1[C@@H]2C[C@@H](C(=O)OC)N1C(=O)[C@H](C(C)(C)C)NC(=O)OCCCCCc1ccc3ccnc(c3c1)O2. The predicted molar refractivity (Wildman–Crippen MR) is 144 cm³/mol. The van der Waals surface area contributed by atoms with Crippen LogP contribution in [0.1, 0.15) is 58.9 Å². The molecule has 3 heterocycles. The van der Waals surface area contributed by atoms with E-state index < -0.39 is 47.8 Å². The molecule has 1 N–H and O–H groups in total. The van der Waals surface area contributed by atoms with Gasteiger partial charge in [-0.05, 0) is 61.1 Å². The van der Waals surface area contributed by atoms with Crippen LogP contribution in [0.4, 0.5) is 4.79 Å². The van der Waals surface area contributed by atoms with Crippen molar-refractivity contribution in [3.8, 4) is 5.88 Å². The Balaban J connectivity index is 1.80. The number of hydrogen-bond donors (Lipinski definition) is 1. The van der Waals surface area contributed by atoms with E-state index in [4.69, 9.17) is 18.9 Å². The van der Waals surface area contributed by atoms with Gasteiger partial charge in [0.2, 0.25) is 11.8 Å². The number of ether oxygens (including phenoxy) is 4. The number of esters is 1. The minimum atomic E-state index is -0.990. The van der Waals surface area contributed by atoms with Gasteiger partial charge in [-0.1, -0.05) is 32.9 Å². The molecular formula is C29H39N3O7. The molecule has 4 bridgehead atoms. The van der Waals surface area contributed by atoms with Gasteiger partial charge in [0.25, 0.3) is 0 Å². The average Bonchev–Trinajstić information content (AvgIpc) is 3.25. The van der Waals surface area contributed by atoms with Crippen molar-refractivity contribution >= 4 is 28.7 Å². The lowest BCUT2D eigenvalue weighted by atomic mass is 9.85. The van der Waals surface area contributed by atoms with Gasteiger partial charge in [0.15, 0.2) is 6.23 Å². The van der Waals surface area contributed by atoms with Crippen LogP contribution >= 0.6 is 0 Å². The number of carbonyl (C=O) groups excluding carboxylic acids is 3. The number of methoxy groups -OCH3 is 1. The van der Waals surface area contributed by atoms with Crippen molar-refractivity contribution in [2.45, 2.75) is 84.2 Å². The van der Waals surface area contributed by atoms with E-state index in [1.165, 1.54) is 12.0 Å². The summed E-state index contributed by atoms with van der Waals surface area (Å²) >= 11 is 0. The summed E-state index contributed by atoms with van der Waals surface area (Å²) in [5, 5.41) is 4.57. The number of amides is 2. The fraction of sp³-hybridized carbons (Fsp3) is 0.586. The lowest BCUT2D eigenvalue weighted by Crippen LogP contribution is -2.59. The molecule has 4 atom stereocenters. The summed E-state index contributed by atoms with van der Waals surface area (Å²) in [5.41, 5.74) is 0.450. The van der Waals surface area contributed by atoms with Crippen molar-refractivity contribution in [2.75, 3.05) is 20.3 Å². The summed E-state index contributed by atoms with van der Waals surface area (Å²) in [6.45, 7) is 7.84. The molecule has 39 heavy (non-hydrogen) atoms. The molecule has 2 amide bonds. The maximum Gasteiger partial charge on any atom is 0.407 e. The third-order valence-corrected chi connectivity index (χ3v) is 7.22. The van der Waals surface area contributed by atoms with Crippen molar-refractivity contribution in [1.29, 1.82) is 0 Å². The lowest BCUT2D eigenvalue weighted by Gasteiger charge is -2.37. The van der Waals surface area contributed by atoms with Crippen LogP contribution in [-0.2, 0) is 30.2 Å². The number of alkyl carbamates (subject to hydrolysis) is 1. The Morgan fingerprint density at radius 3 is 2.69 bits per heavy atom. The van der Waals surface area contributed by atoms with E-state index in [1.54, 1.807) is 6.20 Å². The van der Waals surface area contributed by atoms with Crippen LogP contribution in [0.25, 0.3) is 10.8 Å². The standard InChI is InChI=1S/C29H39N3O7/c1-6-37-26-22-17-21(27(34)36-5)32(26)25(33)23(29(2,3)4)31-28(35)38-15-9-7-8-10-18-11-12-19-13-14-30-24(39-22)20(19)16-18/h11-14,16,21-23,26H,6-10,15,17H2,1-5H3,(H,31,35)/t21-,22-,23+,26+/m0/s1. The molecule has 2 aliphatic rings. The zero-order valence-electron chi connectivity index (χ0n) is 23.4. The summed E-state index contributed by atoms with van der Waals surface area (Å²) in [7, 11) is 1.28.